The van der Waals surface area contributed by atoms with Crippen molar-refractivity contribution in [2.75, 3.05) is 5.09 Å². The van der Waals surface area contributed by atoms with E-state index in [4.69, 9.17) is 9.05 Å². The third-order valence-corrected chi connectivity index (χ3v) is 5.43. The van der Waals surface area contributed by atoms with Gasteiger partial charge in [0, 0.05) is 3.57 Å². The van der Waals surface area contributed by atoms with Crippen LogP contribution in [-0.4, -0.2) is 0 Å². The Kier molecular flexibility index (Phi) is 5.43. The number of nitrogens with one attached hydrogen (secondary N) is 1. The lowest BCUT2D eigenvalue weighted by atomic mass is 10.3. The molecule has 0 unspecified atom stereocenters. The van der Waals surface area contributed by atoms with Crippen LogP contribution in [0.5, 0.6) is 11.5 Å². The molecule has 0 bridgehead atoms. The molecule has 3 rings (SSSR count). The summed E-state index contributed by atoms with van der Waals surface area (Å²) in [5.41, 5.74) is 0.688. The molecular weight excluding hydrogens is 436 g/mol. The minimum absolute atomic E-state index is 0.468. The first-order chi connectivity index (χ1) is 11.6. The summed E-state index contributed by atoms with van der Waals surface area (Å²) < 4.78 is 25.6. The zero-order valence-electron chi connectivity index (χ0n) is 12.6. The molecule has 0 saturated carbocycles. The van der Waals surface area contributed by atoms with E-state index >= 15 is 0 Å². The largest absolute Gasteiger partial charge is 0.541 e. The Labute approximate surface area is 154 Å². The van der Waals surface area contributed by atoms with E-state index in [1.54, 1.807) is 24.3 Å². The van der Waals surface area contributed by atoms with E-state index in [2.05, 4.69) is 27.7 Å². The highest BCUT2D eigenvalue weighted by atomic mass is 127. The van der Waals surface area contributed by atoms with E-state index in [0.29, 0.717) is 17.2 Å². The van der Waals surface area contributed by atoms with Crippen LogP contribution in [0.3, 0.4) is 0 Å². The van der Waals surface area contributed by atoms with E-state index in [0.717, 1.165) is 3.57 Å². The van der Waals surface area contributed by atoms with Crippen molar-refractivity contribution in [1.82, 2.24) is 0 Å². The first kappa shape index (κ1) is 16.9. The van der Waals surface area contributed by atoms with Crippen LogP contribution < -0.4 is 14.1 Å². The van der Waals surface area contributed by atoms with E-state index in [-0.39, 0.29) is 0 Å². The molecule has 1 N–H and O–H groups in total. The Balaban J connectivity index is 1.91. The van der Waals surface area contributed by atoms with Crippen LogP contribution in [0.2, 0.25) is 0 Å². The van der Waals surface area contributed by atoms with Crippen LogP contribution in [0, 0.1) is 3.57 Å². The summed E-state index contributed by atoms with van der Waals surface area (Å²) in [6, 6.07) is 25.4. The Bertz CT molecular complexity index is 798. The fourth-order valence-corrected chi connectivity index (χ4v) is 4.16. The second kappa shape index (κ2) is 7.73. The first-order valence-corrected chi connectivity index (χ1v) is 9.89. The van der Waals surface area contributed by atoms with Gasteiger partial charge in [-0.1, -0.05) is 48.5 Å². The van der Waals surface area contributed by atoms with E-state index in [9.17, 15) is 4.57 Å². The average Bonchev–Trinajstić information content (AvgIpc) is 2.58. The lowest BCUT2D eigenvalue weighted by Gasteiger charge is -2.21. The van der Waals surface area contributed by atoms with Gasteiger partial charge in [0.1, 0.15) is 11.5 Å². The minimum atomic E-state index is -3.67. The Morgan fingerprint density at radius 2 is 1.17 bits per heavy atom. The lowest BCUT2D eigenvalue weighted by molar-refractivity contribution is 0.393. The number of benzene rings is 3. The zero-order chi connectivity index (χ0) is 16.8. The van der Waals surface area contributed by atoms with Crippen molar-refractivity contribution in [3.05, 3.63) is 88.5 Å². The molecule has 122 valence electrons. The molecule has 0 heterocycles. The number of anilines is 1. The normalized spacial score (nSPS) is 10.9. The molecule has 0 aliphatic rings. The zero-order valence-corrected chi connectivity index (χ0v) is 15.7. The maximum atomic E-state index is 13.3. The Morgan fingerprint density at radius 3 is 1.67 bits per heavy atom. The third kappa shape index (κ3) is 4.52. The fourth-order valence-electron chi connectivity index (χ4n) is 2.00. The van der Waals surface area contributed by atoms with Crippen LogP contribution in [0.25, 0.3) is 0 Å². The molecule has 0 atom stereocenters. The van der Waals surface area contributed by atoms with Crippen molar-refractivity contribution < 1.29 is 13.6 Å². The molecule has 0 aliphatic carbocycles. The predicted molar refractivity (Wildman–Crippen MR) is 105 cm³/mol. The summed E-state index contributed by atoms with van der Waals surface area (Å²) in [6.45, 7) is 0. The number of hydrogen-bond donors (Lipinski definition) is 1. The number of para-hydroxylation sites is 3. The second-order valence-corrected chi connectivity index (χ2v) is 7.64. The van der Waals surface area contributed by atoms with Crippen molar-refractivity contribution in [2.24, 2.45) is 0 Å². The molecule has 0 spiro atoms. The topological polar surface area (TPSA) is 47.6 Å². The molecular formula is C18H15INO3P. The molecule has 0 aromatic heterocycles. The highest BCUT2D eigenvalue weighted by Gasteiger charge is 2.29. The van der Waals surface area contributed by atoms with Gasteiger partial charge in [0.2, 0.25) is 0 Å². The van der Waals surface area contributed by atoms with Crippen LogP contribution in [0.15, 0.2) is 84.9 Å². The van der Waals surface area contributed by atoms with Crippen molar-refractivity contribution in [2.45, 2.75) is 0 Å². The van der Waals surface area contributed by atoms with Crippen LogP contribution in [0.4, 0.5) is 5.69 Å². The summed E-state index contributed by atoms with van der Waals surface area (Å²) in [4.78, 5) is 0. The third-order valence-electron chi connectivity index (χ3n) is 3.07. The predicted octanol–water partition coefficient (Wildman–Crippen LogP) is 5.97. The monoisotopic (exact) mass is 451 g/mol. The summed E-state index contributed by atoms with van der Waals surface area (Å²) in [7, 11) is -3.67. The quantitative estimate of drug-likeness (QED) is 0.371. The second-order valence-electron chi connectivity index (χ2n) is 4.90. The van der Waals surface area contributed by atoms with E-state index < -0.39 is 7.75 Å². The minimum Gasteiger partial charge on any atom is -0.400 e. The Morgan fingerprint density at radius 1 is 0.708 bits per heavy atom. The first-order valence-electron chi connectivity index (χ1n) is 7.27. The lowest BCUT2D eigenvalue weighted by Crippen LogP contribution is -2.10. The maximum absolute atomic E-state index is 13.3. The molecule has 0 saturated heterocycles. The van der Waals surface area contributed by atoms with Gasteiger partial charge in [-0.2, -0.15) is 0 Å². The fraction of sp³-hybridized carbons (Fsp3) is 0. The number of rotatable bonds is 6. The summed E-state index contributed by atoms with van der Waals surface area (Å²) in [5.74, 6) is 0.936. The molecule has 0 aliphatic heterocycles. The van der Waals surface area contributed by atoms with Crippen molar-refractivity contribution in [3.8, 4) is 11.5 Å². The molecule has 4 nitrogen and oxygen atoms in total. The van der Waals surface area contributed by atoms with Gasteiger partial charge in [0.25, 0.3) is 0 Å². The summed E-state index contributed by atoms with van der Waals surface area (Å²) in [6.07, 6.45) is 0. The molecule has 3 aromatic carbocycles. The van der Waals surface area contributed by atoms with Gasteiger partial charge >= 0.3 is 7.75 Å². The molecule has 3 aromatic rings. The molecule has 0 radical (unpaired) electrons. The van der Waals surface area contributed by atoms with Crippen molar-refractivity contribution in [1.29, 1.82) is 0 Å². The van der Waals surface area contributed by atoms with E-state index in [1.807, 2.05) is 60.7 Å². The Hall–Kier alpha value is -1.98. The number of halogens is 1. The van der Waals surface area contributed by atoms with Crippen molar-refractivity contribution in [3.63, 3.8) is 0 Å². The smallest absolute Gasteiger partial charge is 0.400 e. The highest BCUT2D eigenvalue weighted by Crippen LogP contribution is 2.48. The average molecular weight is 451 g/mol. The standard InChI is InChI=1S/C18H15INO3P/c19-17-13-7-8-14-18(17)20-24(21,22-15-9-3-1-4-10-15)23-16-11-5-2-6-12-16/h1-14H,(H,20,21). The van der Waals surface area contributed by atoms with Crippen LogP contribution in [-0.2, 0) is 4.57 Å². The van der Waals surface area contributed by atoms with Gasteiger partial charge in [-0.25, -0.2) is 4.57 Å². The van der Waals surface area contributed by atoms with Gasteiger partial charge in [0.05, 0.1) is 5.69 Å². The van der Waals surface area contributed by atoms with Gasteiger partial charge in [-0.3, -0.25) is 5.09 Å². The summed E-state index contributed by atoms with van der Waals surface area (Å²) >= 11 is 2.17. The summed E-state index contributed by atoms with van der Waals surface area (Å²) in [5, 5.41) is 2.92. The van der Waals surface area contributed by atoms with Gasteiger partial charge in [0.15, 0.2) is 0 Å². The maximum Gasteiger partial charge on any atom is 0.541 e. The van der Waals surface area contributed by atoms with Gasteiger partial charge in [-0.05, 0) is 59.0 Å². The van der Waals surface area contributed by atoms with Gasteiger partial charge < -0.3 is 9.05 Å². The SMILES string of the molecule is O=P(Nc1ccccc1I)(Oc1ccccc1)Oc1ccccc1. The number of hydrogen-bond acceptors (Lipinski definition) is 3. The molecule has 6 heteroatoms. The highest BCUT2D eigenvalue weighted by molar-refractivity contribution is 14.1. The van der Waals surface area contributed by atoms with Gasteiger partial charge in [-0.15, -0.1) is 0 Å². The molecule has 0 amide bonds. The van der Waals surface area contributed by atoms with E-state index in [1.165, 1.54) is 0 Å². The van der Waals surface area contributed by atoms with Crippen molar-refractivity contribution >= 4 is 36.0 Å². The molecule has 24 heavy (non-hydrogen) atoms. The van der Waals surface area contributed by atoms with Crippen LogP contribution in [0.1, 0.15) is 0 Å². The molecule has 0 fully saturated rings. The van der Waals surface area contributed by atoms with Crippen LogP contribution >= 0.6 is 30.3 Å².